The van der Waals surface area contributed by atoms with Crippen molar-refractivity contribution in [3.63, 3.8) is 0 Å². The Hall–Kier alpha value is -0.820. The first kappa shape index (κ1) is 11.2. The molecule has 0 saturated carbocycles. The minimum Gasteiger partial charge on any atom is -0.594 e. The summed E-state index contributed by atoms with van der Waals surface area (Å²) in [5.41, 5.74) is -0.800. The second-order valence-electron chi connectivity index (χ2n) is 3.05. The number of hydrogen-bond donors (Lipinski definition) is 0. The molecule has 12 heavy (non-hydrogen) atoms. The van der Waals surface area contributed by atoms with Crippen LogP contribution in [0.1, 0.15) is 20.8 Å². The van der Waals surface area contributed by atoms with Crippen LogP contribution in [0.4, 0.5) is 0 Å². The number of nitrogens with one attached hydrogen (secondary N) is 1. The number of ether oxygens (including phenoxy) is 1. The summed E-state index contributed by atoms with van der Waals surface area (Å²) in [6.45, 7) is 4.70. The second kappa shape index (κ2) is 3.28. The van der Waals surface area contributed by atoms with Crippen LogP contribution in [0.25, 0.3) is 5.14 Å². The van der Waals surface area contributed by atoms with Crippen LogP contribution >= 0.6 is 0 Å². The highest BCUT2D eigenvalue weighted by Crippen LogP contribution is 2.06. The van der Waals surface area contributed by atoms with Gasteiger partial charge in [0.25, 0.3) is 0 Å². The molecule has 0 rings (SSSR count). The van der Waals surface area contributed by atoms with E-state index in [2.05, 4.69) is 9.13 Å². The van der Waals surface area contributed by atoms with Crippen LogP contribution in [0, 0.1) is 0 Å². The lowest BCUT2D eigenvalue weighted by atomic mass is 10.2. The molecule has 0 aliphatic rings. The van der Waals surface area contributed by atoms with E-state index in [9.17, 15) is 13.5 Å². The van der Waals surface area contributed by atoms with E-state index in [1.807, 2.05) is 0 Å². The van der Waals surface area contributed by atoms with E-state index in [-0.39, 0.29) is 0 Å². The molecule has 0 bridgehead atoms. The summed E-state index contributed by atoms with van der Waals surface area (Å²) in [4.78, 5) is 0. The van der Waals surface area contributed by atoms with Crippen LogP contribution in [0.15, 0.2) is 4.40 Å². The molecule has 0 aliphatic heterocycles. The van der Waals surface area contributed by atoms with Gasteiger partial charge in [0.1, 0.15) is 0 Å². The predicted octanol–water partition coefficient (Wildman–Crippen LogP) is -0.185. The van der Waals surface area contributed by atoms with Gasteiger partial charge in [0, 0.05) is 5.60 Å². The van der Waals surface area contributed by atoms with Crippen molar-refractivity contribution < 1.29 is 18.3 Å². The van der Waals surface area contributed by atoms with Gasteiger partial charge in [-0.25, -0.2) is 8.42 Å². The number of rotatable bonds is 1. The molecule has 0 aromatic heterocycles. The van der Waals surface area contributed by atoms with E-state index in [0.717, 1.165) is 0 Å². The standard InChI is InChI=1S/C5H11N2O4S/c1-5(2,3)11-4(8)7-12(6,9)10/h1-3H3,(H2-,6,7,8,9,10)/q-1/p-1. The van der Waals surface area contributed by atoms with Gasteiger partial charge in [-0.1, -0.05) is 20.8 Å². The van der Waals surface area contributed by atoms with Gasteiger partial charge < -0.3 is 15.0 Å². The lowest BCUT2D eigenvalue weighted by molar-refractivity contribution is -0.259. The Bertz CT molecular complexity index is 274. The van der Waals surface area contributed by atoms with E-state index < -0.39 is 21.9 Å². The molecule has 0 aromatic carbocycles. The summed E-state index contributed by atoms with van der Waals surface area (Å²) in [5.74, 6) is 0. The van der Waals surface area contributed by atoms with E-state index >= 15 is 0 Å². The molecule has 0 fully saturated rings. The van der Waals surface area contributed by atoms with Crippen molar-refractivity contribution >= 4 is 16.3 Å². The highest BCUT2D eigenvalue weighted by Gasteiger charge is 2.04. The first-order chi connectivity index (χ1) is 5.10. The minimum absolute atomic E-state index is 0.800. The zero-order chi connectivity index (χ0) is 9.99. The molecule has 0 aliphatic carbocycles. The summed E-state index contributed by atoms with van der Waals surface area (Å²) in [5, 5.41) is 16.9. The fourth-order valence-corrected chi connectivity index (χ4v) is 0.612. The Morgan fingerprint density at radius 2 is 1.92 bits per heavy atom. The lowest BCUT2D eigenvalue weighted by Crippen LogP contribution is -2.32. The molecule has 0 aromatic rings. The Kier molecular flexibility index (Phi) is 3.05. The highest BCUT2D eigenvalue weighted by molar-refractivity contribution is 7.91. The molecule has 0 saturated heterocycles. The van der Waals surface area contributed by atoms with Gasteiger partial charge in [-0.05, 0) is 0 Å². The van der Waals surface area contributed by atoms with E-state index in [1.165, 1.54) is 0 Å². The molecule has 7 heteroatoms. The Morgan fingerprint density at radius 3 is 2.17 bits per heavy atom. The van der Waals surface area contributed by atoms with Crippen LogP contribution in [-0.4, -0.2) is 20.1 Å². The van der Waals surface area contributed by atoms with Crippen molar-refractivity contribution in [3.8, 4) is 0 Å². The van der Waals surface area contributed by atoms with Gasteiger partial charge in [0.15, 0.2) is 16.3 Å². The first-order valence-electron chi connectivity index (χ1n) is 3.06. The molecule has 0 radical (unpaired) electrons. The molecular weight excluding hydrogens is 184 g/mol. The molecular formula is C5H10N2O4S-2. The normalized spacial score (nSPS) is 14.5. The third kappa shape index (κ3) is 7.29. The van der Waals surface area contributed by atoms with E-state index in [1.54, 1.807) is 20.8 Å². The zero-order valence-electron chi connectivity index (χ0n) is 6.99. The third-order valence-electron chi connectivity index (χ3n) is 0.588. The lowest BCUT2D eigenvalue weighted by Gasteiger charge is -2.29. The van der Waals surface area contributed by atoms with Gasteiger partial charge in [0.2, 0.25) is 0 Å². The molecule has 72 valence electrons. The Balaban J connectivity index is 4.44. The Morgan fingerprint density at radius 1 is 1.50 bits per heavy atom. The monoisotopic (exact) mass is 194 g/mol. The summed E-state index contributed by atoms with van der Waals surface area (Å²) in [6, 6.07) is 0. The first-order valence-corrected chi connectivity index (χ1v) is 4.50. The van der Waals surface area contributed by atoms with Gasteiger partial charge in [-0.2, -0.15) is 4.40 Å². The average molecular weight is 194 g/mol. The van der Waals surface area contributed by atoms with Gasteiger partial charge >= 0.3 is 0 Å². The number of hydrogen-bond acceptors (Lipinski definition) is 4. The van der Waals surface area contributed by atoms with Gasteiger partial charge in [0.05, 0.1) is 0 Å². The zero-order valence-corrected chi connectivity index (χ0v) is 7.80. The summed E-state index contributed by atoms with van der Waals surface area (Å²) < 4.78 is 27.2. The molecule has 1 N–H and O–H groups in total. The van der Waals surface area contributed by atoms with Crippen molar-refractivity contribution in [1.29, 1.82) is 0 Å². The smallest absolute Gasteiger partial charge is 0.176 e. The molecule has 0 heterocycles. The maximum Gasteiger partial charge on any atom is 0.176 e. The summed E-state index contributed by atoms with van der Waals surface area (Å²) in [7, 11) is -4.40. The van der Waals surface area contributed by atoms with Crippen molar-refractivity contribution in [1.82, 2.24) is 0 Å². The predicted molar refractivity (Wildman–Crippen MR) is 41.5 cm³/mol. The van der Waals surface area contributed by atoms with Crippen LogP contribution in [0.5, 0.6) is 0 Å². The van der Waals surface area contributed by atoms with E-state index in [4.69, 9.17) is 5.14 Å². The maximum absolute atomic E-state index is 10.6. The quantitative estimate of drug-likeness (QED) is 0.426. The highest BCUT2D eigenvalue weighted by atomic mass is 32.2. The van der Waals surface area contributed by atoms with Crippen LogP contribution < -0.4 is 5.11 Å². The van der Waals surface area contributed by atoms with Crippen LogP contribution in [0.2, 0.25) is 0 Å². The molecule has 0 unspecified atom stereocenters. The SMILES string of the molecule is CC(C)(C)OC([O-])=NS([NH-])(=O)=O. The topological polar surface area (TPSA) is 103 Å². The third-order valence-corrected chi connectivity index (χ3v) is 0.978. The molecule has 0 amide bonds. The Labute approximate surface area is 71.2 Å². The largest absolute Gasteiger partial charge is 0.594 e. The summed E-state index contributed by atoms with van der Waals surface area (Å²) >= 11 is 0. The van der Waals surface area contributed by atoms with Gasteiger partial charge in [-0.15, -0.1) is 0 Å². The minimum atomic E-state index is -4.40. The fourth-order valence-electron chi connectivity index (χ4n) is 0.379. The van der Waals surface area contributed by atoms with Crippen molar-refractivity contribution in [2.75, 3.05) is 0 Å². The van der Waals surface area contributed by atoms with Crippen LogP contribution in [0.3, 0.4) is 0 Å². The maximum atomic E-state index is 10.6. The second-order valence-corrected chi connectivity index (χ2v) is 4.18. The average Bonchev–Trinajstić information content (AvgIpc) is 1.49. The van der Waals surface area contributed by atoms with Crippen molar-refractivity contribution in [3.05, 3.63) is 5.14 Å². The molecule has 6 nitrogen and oxygen atoms in total. The van der Waals surface area contributed by atoms with Crippen molar-refractivity contribution in [2.45, 2.75) is 26.4 Å². The molecule has 0 spiro atoms. The summed E-state index contributed by atoms with van der Waals surface area (Å²) in [6.07, 6.45) is -1.27. The molecule has 0 atom stereocenters. The van der Waals surface area contributed by atoms with Crippen LogP contribution in [-0.2, 0) is 14.9 Å². The van der Waals surface area contributed by atoms with Gasteiger partial charge in [-0.3, -0.25) is 0 Å². The van der Waals surface area contributed by atoms with Crippen molar-refractivity contribution in [2.24, 2.45) is 4.40 Å². The fraction of sp³-hybridized carbons (Fsp3) is 0.800. The number of nitrogens with zero attached hydrogens (tertiary/aromatic N) is 1. The van der Waals surface area contributed by atoms with E-state index in [0.29, 0.717) is 0 Å².